The van der Waals surface area contributed by atoms with Gasteiger partial charge in [-0.15, -0.1) is 0 Å². The van der Waals surface area contributed by atoms with E-state index < -0.39 is 5.82 Å². The molecule has 0 aliphatic heterocycles. The first kappa shape index (κ1) is 11.6. The molecule has 0 aliphatic carbocycles. The zero-order valence-electron chi connectivity index (χ0n) is 8.21. The number of halogens is 1. The standard InChI is InChI=1S/C10H11FN2OS/c1-2-8(14)13-7-5-3-4-6(11)9(7)10(12)15/h3-5H,2H2,1H3,(H2,12,15)(H,13,14). The molecule has 0 aliphatic rings. The molecule has 1 aromatic rings. The normalized spacial score (nSPS) is 9.73. The van der Waals surface area contributed by atoms with Crippen molar-refractivity contribution >= 4 is 28.8 Å². The lowest BCUT2D eigenvalue weighted by atomic mass is 10.1. The molecule has 0 spiro atoms. The van der Waals surface area contributed by atoms with Crippen molar-refractivity contribution in [2.45, 2.75) is 13.3 Å². The minimum Gasteiger partial charge on any atom is -0.389 e. The lowest BCUT2D eigenvalue weighted by Crippen LogP contribution is -2.18. The summed E-state index contributed by atoms with van der Waals surface area (Å²) in [6.07, 6.45) is 0.313. The van der Waals surface area contributed by atoms with Gasteiger partial charge in [-0.05, 0) is 12.1 Å². The first-order valence-electron chi connectivity index (χ1n) is 4.44. The van der Waals surface area contributed by atoms with Crippen LogP contribution in [-0.4, -0.2) is 10.9 Å². The van der Waals surface area contributed by atoms with Crippen LogP contribution in [0.25, 0.3) is 0 Å². The summed E-state index contributed by atoms with van der Waals surface area (Å²) in [4.78, 5) is 11.1. The molecule has 0 saturated carbocycles. The van der Waals surface area contributed by atoms with Crippen molar-refractivity contribution in [2.24, 2.45) is 5.73 Å². The van der Waals surface area contributed by atoms with Gasteiger partial charge in [0, 0.05) is 6.42 Å². The van der Waals surface area contributed by atoms with Crippen molar-refractivity contribution in [3.8, 4) is 0 Å². The monoisotopic (exact) mass is 226 g/mol. The molecule has 0 atom stereocenters. The molecule has 80 valence electrons. The van der Waals surface area contributed by atoms with Crippen LogP contribution in [0.3, 0.4) is 0 Å². The van der Waals surface area contributed by atoms with E-state index in [2.05, 4.69) is 5.32 Å². The summed E-state index contributed by atoms with van der Waals surface area (Å²) in [6, 6.07) is 4.30. The highest BCUT2D eigenvalue weighted by atomic mass is 32.1. The van der Waals surface area contributed by atoms with Crippen LogP contribution in [0.5, 0.6) is 0 Å². The number of amides is 1. The van der Waals surface area contributed by atoms with Crippen LogP contribution in [0.2, 0.25) is 0 Å². The average molecular weight is 226 g/mol. The summed E-state index contributed by atoms with van der Waals surface area (Å²) in [5.41, 5.74) is 5.76. The molecule has 0 unspecified atom stereocenters. The maximum absolute atomic E-state index is 13.3. The molecule has 3 nitrogen and oxygen atoms in total. The number of carbonyl (C=O) groups excluding carboxylic acids is 1. The third-order valence-corrected chi connectivity index (χ3v) is 2.06. The minimum absolute atomic E-state index is 0.0699. The third-order valence-electron chi connectivity index (χ3n) is 1.86. The van der Waals surface area contributed by atoms with Gasteiger partial charge in [-0.25, -0.2) is 4.39 Å². The van der Waals surface area contributed by atoms with E-state index in [4.69, 9.17) is 18.0 Å². The Labute approximate surface area is 92.5 Å². The zero-order chi connectivity index (χ0) is 11.4. The van der Waals surface area contributed by atoms with E-state index in [1.807, 2.05) is 0 Å². The average Bonchev–Trinajstić information content (AvgIpc) is 2.17. The minimum atomic E-state index is -0.531. The highest BCUT2D eigenvalue weighted by molar-refractivity contribution is 7.80. The van der Waals surface area contributed by atoms with Crippen molar-refractivity contribution in [3.05, 3.63) is 29.6 Å². The van der Waals surface area contributed by atoms with E-state index in [-0.39, 0.29) is 16.5 Å². The molecule has 5 heteroatoms. The van der Waals surface area contributed by atoms with Crippen molar-refractivity contribution in [1.82, 2.24) is 0 Å². The maximum Gasteiger partial charge on any atom is 0.224 e. The first-order chi connectivity index (χ1) is 7.06. The molecular formula is C10H11FN2OS. The SMILES string of the molecule is CCC(=O)Nc1cccc(F)c1C(N)=S. The van der Waals surface area contributed by atoms with Gasteiger partial charge in [0.05, 0.1) is 11.3 Å². The summed E-state index contributed by atoms with van der Waals surface area (Å²) in [5, 5.41) is 2.54. The predicted octanol–water partition coefficient (Wildman–Crippen LogP) is 1.81. The second-order valence-corrected chi connectivity index (χ2v) is 3.37. The molecule has 0 bridgehead atoms. The van der Waals surface area contributed by atoms with Crippen molar-refractivity contribution in [1.29, 1.82) is 0 Å². The largest absolute Gasteiger partial charge is 0.389 e. The smallest absolute Gasteiger partial charge is 0.224 e. The van der Waals surface area contributed by atoms with Crippen LogP contribution >= 0.6 is 12.2 Å². The fourth-order valence-electron chi connectivity index (χ4n) is 1.12. The maximum atomic E-state index is 13.3. The lowest BCUT2D eigenvalue weighted by molar-refractivity contribution is -0.115. The van der Waals surface area contributed by atoms with Crippen molar-refractivity contribution in [2.75, 3.05) is 5.32 Å². The Balaban J connectivity index is 3.11. The number of carbonyl (C=O) groups is 1. The molecule has 1 amide bonds. The number of anilines is 1. The van der Waals surface area contributed by atoms with Gasteiger partial charge in [0.15, 0.2) is 0 Å². The van der Waals surface area contributed by atoms with Crippen LogP contribution in [0.15, 0.2) is 18.2 Å². The Morgan fingerprint density at radius 2 is 2.27 bits per heavy atom. The summed E-state index contributed by atoms with van der Waals surface area (Å²) in [6.45, 7) is 1.70. The zero-order valence-corrected chi connectivity index (χ0v) is 9.03. The highest BCUT2D eigenvalue weighted by Gasteiger charge is 2.12. The summed E-state index contributed by atoms with van der Waals surface area (Å²) in [7, 11) is 0. The van der Waals surface area contributed by atoms with Gasteiger partial charge >= 0.3 is 0 Å². The molecule has 1 rings (SSSR count). The van der Waals surface area contributed by atoms with Gasteiger partial charge in [-0.3, -0.25) is 4.79 Å². The van der Waals surface area contributed by atoms with E-state index in [1.165, 1.54) is 12.1 Å². The second-order valence-electron chi connectivity index (χ2n) is 2.93. The van der Waals surface area contributed by atoms with Gasteiger partial charge in [0.2, 0.25) is 5.91 Å². The fourth-order valence-corrected chi connectivity index (χ4v) is 1.32. The number of thiocarbonyl (C=S) groups is 1. The van der Waals surface area contributed by atoms with Crippen molar-refractivity contribution in [3.63, 3.8) is 0 Å². The van der Waals surface area contributed by atoms with Crippen LogP contribution in [0.1, 0.15) is 18.9 Å². The molecule has 0 aromatic heterocycles. The van der Waals surface area contributed by atoms with Crippen LogP contribution in [0.4, 0.5) is 10.1 Å². The summed E-state index contributed by atoms with van der Waals surface area (Å²) in [5.74, 6) is -0.741. The van der Waals surface area contributed by atoms with Gasteiger partial charge < -0.3 is 11.1 Å². The predicted molar refractivity (Wildman–Crippen MR) is 61.2 cm³/mol. The van der Waals surface area contributed by atoms with Gasteiger partial charge in [-0.1, -0.05) is 25.2 Å². The Bertz CT molecular complexity index is 406. The number of nitrogens with two attached hydrogens (primary N) is 1. The van der Waals surface area contributed by atoms with Gasteiger partial charge in [-0.2, -0.15) is 0 Å². The van der Waals surface area contributed by atoms with E-state index in [0.29, 0.717) is 12.1 Å². The summed E-state index contributed by atoms with van der Waals surface area (Å²) >= 11 is 4.71. The number of benzene rings is 1. The Hall–Kier alpha value is -1.49. The molecule has 15 heavy (non-hydrogen) atoms. The molecule has 1 aromatic carbocycles. The molecule has 0 heterocycles. The second kappa shape index (κ2) is 4.84. The fraction of sp³-hybridized carbons (Fsp3) is 0.200. The van der Waals surface area contributed by atoms with Gasteiger partial charge in [0.25, 0.3) is 0 Å². The summed E-state index contributed by atoms with van der Waals surface area (Å²) < 4.78 is 13.3. The van der Waals surface area contributed by atoms with E-state index >= 15 is 0 Å². The molecule has 3 N–H and O–H groups in total. The molecule has 0 saturated heterocycles. The topological polar surface area (TPSA) is 55.1 Å². The first-order valence-corrected chi connectivity index (χ1v) is 4.85. The molecule has 0 radical (unpaired) electrons. The molecular weight excluding hydrogens is 215 g/mol. The van der Waals surface area contributed by atoms with Crippen LogP contribution in [0, 0.1) is 5.82 Å². The number of hydrogen-bond donors (Lipinski definition) is 2. The van der Waals surface area contributed by atoms with E-state index in [1.54, 1.807) is 13.0 Å². The van der Waals surface area contributed by atoms with Gasteiger partial charge in [0.1, 0.15) is 10.8 Å². The van der Waals surface area contributed by atoms with E-state index in [0.717, 1.165) is 0 Å². The quantitative estimate of drug-likeness (QED) is 0.773. The number of rotatable bonds is 3. The molecule has 0 fully saturated rings. The third kappa shape index (κ3) is 2.73. The number of nitrogens with one attached hydrogen (secondary N) is 1. The van der Waals surface area contributed by atoms with Crippen molar-refractivity contribution < 1.29 is 9.18 Å². The Morgan fingerprint density at radius 1 is 1.60 bits per heavy atom. The lowest BCUT2D eigenvalue weighted by Gasteiger charge is -2.09. The highest BCUT2D eigenvalue weighted by Crippen LogP contribution is 2.18. The van der Waals surface area contributed by atoms with Crippen LogP contribution < -0.4 is 11.1 Å². The number of hydrogen-bond acceptors (Lipinski definition) is 2. The Morgan fingerprint density at radius 3 is 2.80 bits per heavy atom. The van der Waals surface area contributed by atoms with E-state index in [9.17, 15) is 9.18 Å². The Kier molecular flexibility index (Phi) is 3.74. The van der Waals surface area contributed by atoms with Crippen LogP contribution in [-0.2, 0) is 4.79 Å².